The van der Waals surface area contributed by atoms with Gasteiger partial charge in [-0.25, -0.2) is 0 Å². The summed E-state index contributed by atoms with van der Waals surface area (Å²) >= 11 is 0. The van der Waals surface area contributed by atoms with Crippen LogP contribution < -0.4 is 0 Å². The third-order valence-corrected chi connectivity index (χ3v) is 12.1. The standard InChI is InChI=1S/C57H104O6/c1-4-7-10-13-16-19-22-24-26-28-29-31-32-35-38-41-44-47-50-56(59)62-53-54(52-61-55(58)49-46-43-40-37-34-21-18-15-12-9-6-3)63-57(60)51-48-45-42-39-36-33-30-27-25-23-20-17-14-11-8-5-2/h15,18,26,28-29,31,54H,4-14,16-17,19-25,27,30,32-53H2,1-3H3/b18-15-,28-26-,31-29-. The van der Waals surface area contributed by atoms with E-state index in [9.17, 15) is 14.4 Å². The first-order valence-electron chi connectivity index (χ1n) is 27.5. The second-order valence-corrected chi connectivity index (χ2v) is 18.5. The molecule has 0 saturated heterocycles. The van der Waals surface area contributed by atoms with Gasteiger partial charge in [-0.05, 0) is 64.2 Å². The molecule has 0 rings (SSSR count). The Hall–Kier alpha value is -2.37. The summed E-state index contributed by atoms with van der Waals surface area (Å²) < 4.78 is 16.8. The van der Waals surface area contributed by atoms with Crippen LogP contribution in [0.3, 0.4) is 0 Å². The van der Waals surface area contributed by atoms with E-state index in [0.29, 0.717) is 19.3 Å². The number of rotatable bonds is 50. The lowest BCUT2D eigenvalue weighted by atomic mass is 10.0. The Bertz CT molecular complexity index is 1060. The topological polar surface area (TPSA) is 78.9 Å². The average Bonchev–Trinajstić information content (AvgIpc) is 3.28. The highest BCUT2D eigenvalue weighted by Gasteiger charge is 2.19. The maximum absolute atomic E-state index is 12.8. The molecule has 0 aromatic rings. The predicted molar refractivity (Wildman–Crippen MR) is 270 cm³/mol. The highest BCUT2D eigenvalue weighted by atomic mass is 16.6. The summed E-state index contributed by atoms with van der Waals surface area (Å²) in [5, 5.41) is 0. The summed E-state index contributed by atoms with van der Waals surface area (Å²) in [6, 6.07) is 0. The van der Waals surface area contributed by atoms with Gasteiger partial charge in [-0.1, -0.05) is 243 Å². The number of esters is 3. The van der Waals surface area contributed by atoms with Crippen LogP contribution in [0.15, 0.2) is 36.5 Å². The Morgan fingerprint density at radius 1 is 0.317 bits per heavy atom. The first-order valence-corrected chi connectivity index (χ1v) is 27.5. The Morgan fingerprint density at radius 2 is 0.587 bits per heavy atom. The number of hydrogen-bond acceptors (Lipinski definition) is 6. The number of allylic oxidation sites excluding steroid dienone is 6. The fourth-order valence-corrected chi connectivity index (χ4v) is 7.94. The fraction of sp³-hybridized carbons (Fsp3) is 0.842. The number of carbonyl (C=O) groups is 3. The number of carbonyl (C=O) groups excluding carboxylic acids is 3. The Labute approximate surface area is 391 Å². The molecule has 0 aliphatic rings. The lowest BCUT2D eigenvalue weighted by molar-refractivity contribution is -0.167. The van der Waals surface area contributed by atoms with Gasteiger partial charge in [0.25, 0.3) is 0 Å². The van der Waals surface area contributed by atoms with Gasteiger partial charge >= 0.3 is 17.9 Å². The van der Waals surface area contributed by atoms with Crippen molar-refractivity contribution in [3.05, 3.63) is 36.5 Å². The van der Waals surface area contributed by atoms with Gasteiger partial charge in [0.1, 0.15) is 13.2 Å². The van der Waals surface area contributed by atoms with Crippen molar-refractivity contribution in [3.63, 3.8) is 0 Å². The monoisotopic (exact) mass is 885 g/mol. The van der Waals surface area contributed by atoms with Crippen molar-refractivity contribution in [2.45, 2.75) is 297 Å². The highest BCUT2D eigenvalue weighted by Crippen LogP contribution is 2.16. The van der Waals surface area contributed by atoms with E-state index in [1.165, 1.54) is 167 Å². The molecule has 0 radical (unpaired) electrons. The second-order valence-electron chi connectivity index (χ2n) is 18.5. The minimum Gasteiger partial charge on any atom is -0.462 e. The minimum absolute atomic E-state index is 0.0788. The molecule has 6 heteroatoms. The van der Waals surface area contributed by atoms with E-state index in [1.54, 1.807) is 0 Å². The molecular weight excluding hydrogens is 781 g/mol. The summed E-state index contributed by atoms with van der Waals surface area (Å²) in [6.07, 6.45) is 61.3. The van der Waals surface area contributed by atoms with Crippen molar-refractivity contribution in [3.8, 4) is 0 Å². The van der Waals surface area contributed by atoms with Crippen LogP contribution in [-0.4, -0.2) is 37.2 Å². The molecule has 63 heavy (non-hydrogen) atoms. The molecule has 368 valence electrons. The lowest BCUT2D eigenvalue weighted by Crippen LogP contribution is -2.30. The zero-order valence-corrected chi connectivity index (χ0v) is 42.1. The van der Waals surface area contributed by atoms with E-state index >= 15 is 0 Å². The SMILES string of the molecule is CCCC/C=C\CCCCCCCC(=O)OCC(COC(=O)CCCCCCC/C=C\C=C/CCCCCCCCC)OC(=O)CCCCCCCCCCCCCCCCCC. The maximum Gasteiger partial charge on any atom is 0.306 e. The van der Waals surface area contributed by atoms with Gasteiger partial charge in [-0.2, -0.15) is 0 Å². The van der Waals surface area contributed by atoms with Crippen LogP contribution in [0.4, 0.5) is 0 Å². The molecule has 6 nitrogen and oxygen atoms in total. The fourth-order valence-electron chi connectivity index (χ4n) is 7.94. The summed E-state index contributed by atoms with van der Waals surface area (Å²) in [5.74, 6) is -0.889. The second kappa shape index (κ2) is 52.3. The first kappa shape index (κ1) is 60.6. The van der Waals surface area contributed by atoms with E-state index in [0.717, 1.165) is 83.5 Å². The van der Waals surface area contributed by atoms with Crippen LogP contribution in [-0.2, 0) is 28.6 Å². The van der Waals surface area contributed by atoms with Crippen molar-refractivity contribution in [2.24, 2.45) is 0 Å². The van der Waals surface area contributed by atoms with E-state index in [1.807, 2.05) is 0 Å². The molecular formula is C57H104O6. The summed E-state index contributed by atoms with van der Waals surface area (Å²) in [5.41, 5.74) is 0. The van der Waals surface area contributed by atoms with Gasteiger partial charge in [0.15, 0.2) is 6.10 Å². The first-order chi connectivity index (χ1) is 31.0. The van der Waals surface area contributed by atoms with Crippen LogP contribution in [0.1, 0.15) is 290 Å². The van der Waals surface area contributed by atoms with E-state index in [4.69, 9.17) is 14.2 Å². The largest absolute Gasteiger partial charge is 0.462 e. The molecule has 0 saturated carbocycles. The molecule has 0 heterocycles. The smallest absolute Gasteiger partial charge is 0.306 e. The molecule has 0 fully saturated rings. The Kier molecular flexibility index (Phi) is 50.3. The lowest BCUT2D eigenvalue weighted by Gasteiger charge is -2.18. The van der Waals surface area contributed by atoms with Gasteiger partial charge in [-0.3, -0.25) is 14.4 Å². The normalized spacial score (nSPS) is 12.2. The molecule has 0 aliphatic heterocycles. The molecule has 0 bridgehead atoms. The Balaban J connectivity index is 4.34. The van der Waals surface area contributed by atoms with E-state index in [2.05, 4.69) is 57.2 Å². The van der Waals surface area contributed by atoms with Gasteiger partial charge in [-0.15, -0.1) is 0 Å². The van der Waals surface area contributed by atoms with E-state index in [-0.39, 0.29) is 31.1 Å². The van der Waals surface area contributed by atoms with Crippen LogP contribution in [0.25, 0.3) is 0 Å². The molecule has 1 unspecified atom stereocenters. The van der Waals surface area contributed by atoms with Gasteiger partial charge in [0.05, 0.1) is 0 Å². The van der Waals surface area contributed by atoms with E-state index < -0.39 is 6.10 Å². The van der Waals surface area contributed by atoms with Crippen LogP contribution in [0.2, 0.25) is 0 Å². The van der Waals surface area contributed by atoms with Crippen molar-refractivity contribution >= 4 is 17.9 Å². The molecule has 0 aromatic carbocycles. The quantitative estimate of drug-likeness (QED) is 0.0199. The van der Waals surface area contributed by atoms with Gasteiger partial charge in [0.2, 0.25) is 0 Å². The van der Waals surface area contributed by atoms with Crippen LogP contribution in [0.5, 0.6) is 0 Å². The highest BCUT2D eigenvalue weighted by molar-refractivity contribution is 5.71. The molecule has 0 spiro atoms. The molecule has 0 N–H and O–H groups in total. The summed E-state index contributed by atoms with van der Waals surface area (Å²) in [7, 11) is 0. The zero-order valence-electron chi connectivity index (χ0n) is 42.1. The van der Waals surface area contributed by atoms with Crippen molar-refractivity contribution in [1.82, 2.24) is 0 Å². The van der Waals surface area contributed by atoms with Gasteiger partial charge < -0.3 is 14.2 Å². The number of unbranched alkanes of at least 4 members (excludes halogenated alkanes) is 34. The van der Waals surface area contributed by atoms with Crippen molar-refractivity contribution in [1.29, 1.82) is 0 Å². The summed E-state index contributed by atoms with van der Waals surface area (Å²) in [6.45, 7) is 6.61. The minimum atomic E-state index is -0.778. The van der Waals surface area contributed by atoms with Crippen molar-refractivity contribution < 1.29 is 28.6 Å². The maximum atomic E-state index is 12.8. The van der Waals surface area contributed by atoms with Crippen LogP contribution in [0, 0.1) is 0 Å². The number of hydrogen-bond donors (Lipinski definition) is 0. The summed E-state index contributed by atoms with van der Waals surface area (Å²) in [4.78, 5) is 38.0. The Morgan fingerprint density at radius 3 is 0.937 bits per heavy atom. The zero-order chi connectivity index (χ0) is 45.8. The molecule has 0 amide bonds. The molecule has 0 aliphatic carbocycles. The predicted octanol–water partition coefficient (Wildman–Crippen LogP) is 18.1. The third kappa shape index (κ3) is 50.5. The average molecular weight is 885 g/mol. The number of ether oxygens (including phenoxy) is 3. The molecule has 0 aromatic heterocycles. The van der Waals surface area contributed by atoms with Gasteiger partial charge in [0, 0.05) is 19.3 Å². The van der Waals surface area contributed by atoms with Crippen LogP contribution >= 0.6 is 0 Å². The third-order valence-electron chi connectivity index (χ3n) is 12.1. The van der Waals surface area contributed by atoms with Crippen molar-refractivity contribution in [2.75, 3.05) is 13.2 Å². The molecule has 1 atom stereocenters.